The number of carbonyl (C=O) groups is 4. The Morgan fingerprint density at radius 3 is 1.05 bits per heavy atom. The van der Waals surface area contributed by atoms with Crippen LogP contribution in [0.2, 0.25) is 0 Å². The van der Waals surface area contributed by atoms with Crippen LogP contribution in [0.3, 0.4) is 0 Å². The Kier molecular flexibility index (Phi) is 14.5. The van der Waals surface area contributed by atoms with Crippen molar-refractivity contribution in [3.05, 3.63) is 46.5 Å². The second-order valence-corrected chi connectivity index (χ2v) is 26.4. The molecule has 3 aliphatic heterocycles. The number of carbonyl (C=O) groups excluding carboxylic acids is 4. The van der Waals surface area contributed by atoms with Crippen molar-refractivity contribution in [1.82, 2.24) is 16.0 Å². The molecular weight excluding hydrogens is 831 g/mol. The highest BCUT2D eigenvalue weighted by Gasteiger charge is 2.41. The Morgan fingerprint density at radius 2 is 0.697 bits per heavy atom. The number of hydrogen-bond acceptors (Lipinski definition) is 11. The van der Waals surface area contributed by atoms with E-state index in [1.165, 1.54) is 12.1 Å². The zero-order chi connectivity index (χ0) is 49.1. The normalized spacial score (nSPS) is 28.5. The van der Waals surface area contributed by atoms with Gasteiger partial charge >= 0.3 is 23.9 Å². The Balaban J connectivity index is 1.47. The summed E-state index contributed by atoms with van der Waals surface area (Å²) in [6.45, 7) is 34.5. The van der Waals surface area contributed by atoms with E-state index in [4.69, 9.17) is 18.9 Å². The van der Waals surface area contributed by atoms with Gasteiger partial charge in [-0.25, -0.2) is 19.2 Å². The summed E-state index contributed by atoms with van der Waals surface area (Å²) in [6.07, 6.45) is 7.69. The van der Waals surface area contributed by atoms with Crippen LogP contribution in [0.25, 0.3) is 10.8 Å². The molecule has 0 aromatic heterocycles. The first-order valence-corrected chi connectivity index (χ1v) is 24.9. The molecule has 1 saturated carbocycles. The largest absolute Gasteiger partial charge is 0.459 e. The molecule has 3 heterocycles. The van der Waals surface area contributed by atoms with Gasteiger partial charge in [-0.05, 0) is 193 Å². The van der Waals surface area contributed by atoms with Crippen molar-refractivity contribution in [3.8, 4) is 0 Å². The van der Waals surface area contributed by atoms with Gasteiger partial charge in [-0.2, -0.15) is 0 Å². The number of ether oxygens (including phenoxy) is 4. The van der Waals surface area contributed by atoms with Gasteiger partial charge in [-0.1, -0.05) is 27.7 Å². The lowest BCUT2D eigenvalue weighted by Crippen LogP contribution is -2.51. The molecule has 2 aromatic rings. The Bertz CT molecular complexity index is 2010. The van der Waals surface area contributed by atoms with E-state index in [-0.39, 0.29) is 72.4 Å². The van der Waals surface area contributed by atoms with E-state index in [2.05, 4.69) is 127 Å². The molecule has 6 rings (SSSR count). The molecule has 3 N–H and O–H groups in total. The smallest absolute Gasteiger partial charge is 0.339 e. The van der Waals surface area contributed by atoms with Gasteiger partial charge in [0.15, 0.2) is 0 Å². The fourth-order valence-corrected chi connectivity index (χ4v) is 12.7. The first-order chi connectivity index (χ1) is 30.1. The van der Waals surface area contributed by atoms with Crippen molar-refractivity contribution in [1.29, 1.82) is 0 Å². The van der Waals surface area contributed by atoms with Gasteiger partial charge in [0.05, 0.1) is 22.3 Å². The van der Waals surface area contributed by atoms with Crippen molar-refractivity contribution in [3.63, 3.8) is 0 Å². The molecule has 4 fully saturated rings. The summed E-state index contributed by atoms with van der Waals surface area (Å²) in [6, 6.07) is 6.28. The summed E-state index contributed by atoms with van der Waals surface area (Å²) >= 11 is 0. The fraction of sp³-hybridized carbons (Fsp3) is 0.745. The maximum absolute atomic E-state index is 14.9. The van der Waals surface area contributed by atoms with Crippen molar-refractivity contribution in [2.45, 2.75) is 252 Å². The van der Waals surface area contributed by atoms with E-state index in [1.54, 1.807) is 12.1 Å². The SMILES string of the molecule is CC1(C)CCC(OC(=O)c2cc(C(=O)OC3CCC(C)(C)NC(C)(C)C3)c3cc(C(=O)OC4CCC(C)(C)NC(C)(C)C4)cc(C(=O)OC4CCC(C)(C)NC(C)(C)C4)c3c2)CC(C)(C)C1. The molecule has 0 bridgehead atoms. The van der Waals surface area contributed by atoms with E-state index < -0.39 is 42.2 Å². The Morgan fingerprint density at radius 1 is 0.394 bits per heavy atom. The minimum Gasteiger partial charge on any atom is -0.459 e. The van der Waals surface area contributed by atoms with Crippen LogP contribution in [0, 0.1) is 10.8 Å². The van der Waals surface area contributed by atoms with Gasteiger partial charge < -0.3 is 34.9 Å². The van der Waals surface area contributed by atoms with Crippen LogP contribution >= 0.6 is 0 Å². The molecule has 2 aromatic carbocycles. The molecule has 4 unspecified atom stereocenters. The Hall–Kier alpha value is -3.54. The number of nitrogens with one attached hydrogen (secondary N) is 3. The van der Waals surface area contributed by atoms with Gasteiger partial charge in [0.25, 0.3) is 0 Å². The lowest BCUT2D eigenvalue weighted by Gasteiger charge is -2.34. The standard InChI is InChI=1S/C55H85N3O8/c1-48(2)21-17-36(29-49(3,4)33-48)63-44(59)34-25-40-41(42(27-34)46(61)65-38-19-23-51(7,8)57-54(13,14)31-38)26-35(45(60)64-37-18-22-50(5,6)56-53(11,12)30-37)28-43(40)47(62)66-39-20-24-52(9,10)58-55(15,16)32-39/h25-28,36-39,56-58H,17-24,29-33H2,1-16H3. The third-order valence-electron chi connectivity index (χ3n) is 14.5. The van der Waals surface area contributed by atoms with Gasteiger partial charge in [-0.15, -0.1) is 0 Å². The highest BCUT2D eigenvalue weighted by atomic mass is 16.6. The lowest BCUT2D eigenvalue weighted by molar-refractivity contribution is 0.0184. The monoisotopic (exact) mass is 916 g/mol. The molecule has 368 valence electrons. The topological polar surface area (TPSA) is 141 Å². The minimum atomic E-state index is -0.645. The number of rotatable bonds is 8. The molecular formula is C55H85N3O8. The van der Waals surface area contributed by atoms with Crippen LogP contribution in [0.1, 0.15) is 236 Å². The van der Waals surface area contributed by atoms with Crippen molar-refractivity contribution >= 4 is 34.6 Å². The molecule has 1 aliphatic carbocycles. The quantitative estimate of drug-likeness (QED) is 0.132. The molecule has 3 saturated heterocycles. The number of benzene rings is 2. The van der Waals surface area contributed by atoms with Crippen LogP contribution in [0.5, 0.6) is 0 Å². The van der Waals surface area contributed by atoms with Crippen molar-refractivity contribution in [2.24, 2.45) is 10.8 Å². The molecule has 11 nitrogen and oxygen atoms in total. The first kappa shape index (κ1) is 51.8. The van der Waals surface area contributed by atoms with Crippen molar-refractivity contribution < 1.29 is 38.1 Å². The second-order valence-electron chi connectivity index (χ2n) is 26.4. The predicted molar refractivity (Wildman–Crippen MR) is 262 cm³/mol. The number of hydrogen-bond donors (Lipinski definition) is 3. The van der Waals surface area contributed by atoms with E-state index >= 15 is 0 Å². The predicted octanol–water partition coefficient (Wildman–Crippen LogP) is 11.6. The third kappa shape index (κ3) is 13.8. The van der Waals surface area contributed by atoms with Crippen LogP contribution < -0.4 is 16.0 Å². The average molecular weight is 916 g/mol. The van der Waals surface area contributed by atoms with Gasteiger partial charge in [0.2, 0.25) is 0 Å². The average Bonchev–Trinajstić information content (AvgIpc) is 3.43. The summed E-state index contributed by atoms with van der Waals surface area (Å²) in [5.74, 6) is -2.47. The molecule has 11 heteroatoms. The highest BCUT2D eigenvalue weighted by molar-refractivity contribution is 6.15. The fourth-order valence-electron chi connectivity index (χ4n) is 12.7. The van der Waals surface area contributed by atoms with E-state index in [1.807, 2.05) is 0 Å². The van der Waals surface area contributed by atoms with Crippen LogP contribution in [-0.2, 0) is 18.9 Å². The van der Waals surface area contributed by atoms with E-state index in [0.717, 1.165) is 32.1 Å². The van der Waals surface area contributed by atoms with E-state index in [0.29, 0.717) is 62.1 Å². The molecule has 0 spiro atoms. The zero-order valence-corrected chi connectivity index (χ0v) is 43.6. The maximum Gasteiger partial charge on any atom is 0.339 e. The summed E-state index contributed by atoms with van der Waals surface area (Å²) in [5, 5.41) is 11.7. The first-order valence-electron chi connectivity index (χ1n) is 24.9. The molecule has 0 radical (unpaired) electrons. The second kappa shape index (κ2) is 18.4. The minimum absolute atomic E-state index is 0.0579. The molecule has 4 atom stereocenters. The summed E-state index contributed by atoms with van der Waals surface area (Å²) in [7, 11) is 0. The molecule has 4 aliphatic rings. The number of esters is 4. The lowest BCUT2D eigenvalue weighted by atomic mass is 9.74. The van der Waals surface area contributed by atoms with Gasteiger partial charge in [0, 0.05) is 52.5 Å². The van der Waals surface area contributed by atoms with Crippen LogP contribution in [-0.4, -0.2) is 81.5 Å². The van der Waals surface area contributed by atoms with Gasteiger partial charge in [-0.3, -0.25) is 0 Å². The van der Waals surface area contributed by atoms with Crippen LogP contribution in [0.4, 0.5) is 0 Å². The zero-order valence-electron chi connectivity index (χ0n) is 43.6. The van der Waals surface area contributed by atoms with Gasteiger partial charge in [0.1, 0.15) is 24.4 Å². The highest BCUT2D eigenvalue weighted by Crippen LogP contribution is 2.45. The summed E-state index contributed by atoms with van der Waals surface area (Å²) < 4.78 is 25.5. The third-order valence-corrected chi connectivity index (χ3v) is 14.5. The van der Waals surface area contributed by atoms with Crippen molar-refractivity contribution in [2.75, 3.05) is 0 Å². The van der Waals surface area contributed by atoms with Crippen LogP contribution in [0.15, 0.2) is 24.3 Å². The maximum atomic E-state index is 14.9. The summed E-state index contributed by atoms with van der Waals surface area (Å²) in [4.78, 5) is 58.8. The number of fused-ring (bicyclic) bond motifs is 1. The molecule has 66 heavy (non-hydrogen) atoms. The Labute approximate surface area is 396 Å². The summed E-state index contributed by atoms with van der Waals surface area (Å²) in [5.41, 5.74) is -1.06. The van der Waals surface area contributed by atoms with E-state index in [9.17, 15) is 19.2 Å². The molecule has 0 amide bonds.